The van der Waals surface area contributed by atoms with Crippen LogP contribution in [0.15, 0.2) is 0 Å². The lowest BCUT2D eigenvalue weighted by atomic mass is 10.0. The fraction of sp³-hybridized carbons (Fsp3) is 0.636. The number of aromatic nitrogens is 2. The van der Waals surface area contributed by atoms with Crippen LogP contribution in [0.25, 0.3) is 0 Å². The number of hydrogen-bond acceptors (Lipinski definition) is 3. The molecule has 1 saturated carbocycles. The number of aliphatic hydroxyl groups is 1. The predicted octanol–water partition coefficient (Wildman–Crippen LogP) is 1.26. The zero-order chi connectivity index (χ0) is 11.9. The molecule has 88 valence electrons. The van der Waals surface area contributed by atoms with Gasteiger partial charge in [-0.25, -0.2) is 0 Å². The van der Waals surface area contributed by atoms with E-state index in [1.807, 2.05) is 6.92 Å². The van der Waals surface area contributed by atoms with Crippen LogP contribution in [-0.4, -0.2) is 26.8 Å². The summed E-state index contributed by atoms with van der Waals surface area (Å²) in [5, 5.41) is 14.3. The van der Waals surface area contributed by atoms with E-state index in [9.17, 15) is 9.90 Å². The summed E-state index contributed by atoms with van der Waals surface area (Å²) in [6.45, 7) is 1.82. The Bertz CT molecular complexity index is 424. The fourth-order valence-electron chi connectivity index (χ4n) is 1.83. The van der Waals surface area contributed by atoms with Crippen molar-refractivity contribution in [1.82, 2.24) is 9.78 Å². The van der Waals surface area contributed by atoms with Gasteiger partial charge >= 0.3 is 0 Å². The second-order valence-corrected chi connectivity index (χ2v) is 4.76. The first-order valence-electron chi connectivity index (χ1n) is 5.39. The Hall–Kier alpha value is -0.870. The van der Waals surface area contributed by atoms with Crippen LogP contribution in [0.3, 0.4) is 0 Å². The van der Waals surface area contributed by atoms with Crippen LogP contribution in [0.1, 0.15) is 24.1 Å². The topological polar surface area (TPSA) is 55.1 Å². The quantitative estimate of drug-likeness (QED) is 0.865. The van der Waals surface area contributed by atoms with E-state index < -0.39 is 6.10 Å². The molecular formula is C11H15ClN2O2. The molecule has 1 atom stereocenters. The molecule has 0 saturated heterocycles. The third-order valence-electron chi connectivity index (χ3n) is 3.02. The van der Waals surface area contributed by atoms with Crippen molar-refractivity contribution in [3.05, 3.63) is 16.4 Å². The molecule has 0 aromatic carbocycles. The van der Waals surface area contributed by atoms with Crippen molar-refractivity contribution < 1.29 is 9.90 Å². The molecule has 0 bridgehead atoms. The van der Waals surface area contributed by atoms with Gasteiger partial charge in [0.1, 0.15) is 11.3 Å². The molecule has 0 amide bonds. The molecule has 1 aromatic heterocycles. The van der Waals surface area contributed by atoms with Crippen molar-refractivity contribution in [1.29, 1.82) is 0 Å². The maximum Gasteiger partial charge on any atom is 0.166 e. The van der Waals surface area contributed by atoms with Gasteiger partial charge in [0.15, 0.2) is 5.78 Å². The Kier molecular flexibility index (Phi) is 3.04. The maximum absolute atomic E-state index is 11.8. The lowest BCUT2D eigenvalue weighted by Gasteiger charge is -2.07. The van der Waals surface area contributed by atoms with Gasteiger partial charge in [-0.2, -0.15) is 5.10 Å². The van der Waals surface area contributed by atoms with Gasteiger partial charge in [0.05, 0.1) is 5.69 Å². The van der Waals surface area contributed by atoms with E-state index in [4.69, 9.17) is 11.6 Å². The molecule has 1 N–H and O–H groups in total. The van der Waals surface area contributed by atoms with Crippen LogP contribution < -0.4 is 0 Å². The molecule has 5 heteroatoms. The number of aliphatic hydroxyl groups excluding tert-OH is 1. The van der Waals surface area contributed by atoms with Crippen LogP contribution in [0, 0.1) is 12.8 Å². The summed E-state index contributed by atoms with van der Waals surface area (Å²) in [5.74, 6) is 0.0174. The minimum atomic E-state index is -0.823. The predicted molar refractivity (Wildman–Crippen MR) is 60.4 cm³/mol. The first-order chi connectivity index (χ1) is 7.50. The third-order valence-corrected chi connectivity index (χ3v) is 3.49. The largest absolute Gasteiger partial charge is 0.385 e. The van der Waals surface area contributed by atoms with Crippen LogP contribution in [0.2, 0.25) is 5.15 Å². The monoisotopic (exact) mass is 242 g/mol. The highest BCUT2D eigenvalue weighted by Gasteiger charge is 2.34. The average molecular weight is 243 g/mol. The van der Waals surface area contributed by atoms with E-state index in [-0.39, 0.29) is 18.1 Å². The Morgan fingerprint density at radius 3 is 2.75 bits per heavy atom. The highest BCUT2D eigenvalue weighted by Crippen LogP contribution is 2.33. The summed E-state index contributed by atoms with van der Waals surface area (Å²) >= 11 is 6.02. The van der Waals surface area contributed by atoms with Gasteiger partial charge in [0, 0.05) is 19.0 Å². The van der Waals surface area contributed by atoms with Crippen molar-refractivity contribution in [3.8, 4) is 0 Å². The third kappa shape index (κ3) is 2.13. The molecule has 1 fully saturated rings. The minimum Gasteiger partial charge on any atom is -0.385 e. The number of ketones is 1. The smallest absolute Gasteiger partial charge is 0.166 e. The minimum absolute atomic E-state index is 0.152. The number of carbonyl (C=O) groups is 1. The summed E-state index contributed by atoms with van der Waals surface area (Å²) in [6.07, 6.45) is 1.26. The van der Waals surface area contributed by atoms with E-state index in [1.165, 1.54) is 0 Å². The number of carbonyl (C=O) groups excluding carboxylic acids is 1. The van der Waals surface area contributed by atoms with E-state index in [1.54, 1.807) is 11.7 Å². The summed E-state index contributed by atoms with van der Waals surface area (Å²) in [6, 6.07) is 0. The highest BCUT2D eigenvalue weighted by molar-refractivity contribution is 6.30. The molecule has 1 aliphatic carbocycles. The molecule has 1 heterocycles. The highest BCUT2D eigenvalue weighted by atomic mass is 35.5. The van der Waals surface area contributed by atoms with E-state index in [0.717, 1.165) is 24.1 Å². The molecule has 1 aromatic rings. The lowest BCUT2D eigenvalue weighted by molar-refractivity contribution is -0.127. The van der Waals surface area contributed by atoms with Gasteiger partial charge in [-0.15, -0.1) is 0 Å². The number of Topliss-reactive ketones (excluding diaryl/α,β-unsaturated/α-hetero) is 1. The molecule has 4 nitrogen and oxygen atoms in total. The molecule has 16 heavy (non-hydrogen) atoms. The lowest BCUT2D eigenvalue weighted by Crippen LogP contribution is -2.24. The molecule has 0 radical (unpaired) electrons. The SMILES string of the molecule is Cc1nn(C)c(Cl)c1CC(=O)C(O)C1CC1. The summed E-state index contributed by atoms with van der Waals surface area (Å²) in [7, 11) is 1.74. The van der Waals surface area contributed by atoms with Gasteiger partial charge in [-0.3, -0.25) is 9.48 Å². The summed E-state index contributed by atoms with van der Waals surface area (Å²) < 4.78 is 1.54. The maximum atomic E-state index is 11.8. The number of aryl methyl sites for hydroxylation is 2. The Morgan fingerprint density at radius 1 is 1.69 bits per heavy atom. The summed E-state index contributed by atoms with van der Waals surface area (Å²) in [4.78, 5) is 11.8. The number of nitrogens with zero attached hydrogens (tertiary/aromatic N) is 2. The number of halogens is 1. The van der Waals surface area contributed by atoms with Crippen LogP contribution >= 0.6 is 11.6 Å². The zero-order valence-corrected chi connectivity index (χ0v) is 10.2. The van der Waals surface area contributed by atoms with Gasteiger partial charge in [0.2, 0.25) is 0 Å². The van der Waals surface area contributed by atoms with E-state index in [0.29, 0.717) is 5.15 Å². The fourth-order valence-corrected chi connectivity index (χ4v) is 2.07. The van der Waals surface area contributed by atoms with E-state index in [2.05, 4.69) is 5.10 Å². The first-order valence-corrected chi connectivity index (χ1v) is 5.77. The van der Waals surface area contributed by atoms with Crippen molar-refractivity contribution in [2.75, 3.05) is 0 Å². The zero-order valence-electron chi connectivity index (χ0n) is 9.40. The molecular weight excluding hydrogens is 228 g/mol. The van der Waals surface area contributed by atoms with Crippen LogP contribution in [-0.2, 0) is 18.3 Å². The standard InChI is InChI=1S/C11H15ClN2O2/c1-6-8(11(12)14(2)13-6)5-9(15)10(16)7-3-4-7/h7,10,16H,3-5H2,1-2H3. The molecule has 1 unspecified atom stereocenters. The van der Waals surface area contributed by atoms with Crippen molar-refractivity contribution in [3.63, 3.8) is 0 Å². The Balaban J connectivity index is 2.10. The van der Waals surface area contributed by atoms with Crippen LogP contribution in [0.5, 0.6) is 0 Å². The molecule has 1 aliphatic rings. The second kappa shape index (κ2) is 4.18. The average Bonchev–Trinajstić information content (AvgIpc) is 3.03. The van der Waals surface area contributed by atoms with Crippen molar-refractivity contribution in [2.24, 2.45) is 13.0 Å². The Morgan fingerprint density at radius 2 is 2.31 bits per heavy atom. The van der Waals surface area contributed by atoms with Crippen LogP contribution in [0.4, 0.5) is 0 Å². The van der Waals surface area contributed by atoms with E-state index >= 15 is 0 Å². The molecule has 0 spiro atoms. The molecule has 2 rings (SSSR count). The Labute approximate surface area is 99.2 Å². The normalized spacial score (nSPS) is 17.5. The van der Waals surface area contributed by atoms with Crippen molar-refractivity contribution >= 4 is 17.4 Å². The first kappa shape index (κ1) is 11.6. The second-order valence-electron chi connectivity index (χ2n) is 4.40. The number of hydrogen-bond donors (Lipinski definition) is 1. The van der Waals surface area contributed by atoms with Gasteiger partial charge < -0.3 is 5.11 Å². The van der Waals surface area contributed by atoms with Gasteiger partial charge in [0.25, 0.3) is 0 Å². The van der Waals surface area contributed by atoms with Crippen molar-refractivity contribution in [2.45, 2.75) is 32.3 Å². The summed E-state index contributed by atoms with van der Waals surface area (Å²) in [5.41, 5.74) is 1.48. The van der Waals surface area contributed by atoms with Gasteiger partial charge in [-0.1, -0.05) is 11.6 Å². The number of rotatable bonds is 4. The van der Waals surface area contributed by atoms with Gasteiger partial charge in [-0.05, 0) is 25.7 Å². The molecule has 0 aliphatic heterocycles.